The number of fused-ring (bicyclic) bond motifs is 1. The number of nitrogens with zero attached hydrogens (tertiary/aromatic N) is 4. The first kappa shape index (κ1) is 14.6. The van der Waals surface area contributed by atoms with Gasteiger partial charge in [0.05, 0.1) is 29.0 Å². The zero-order chi connectivity index (χ0) is 16.4. The molecule has 1 aliphatic heterocycles. The Balaban J connectivity index is 1.40. The molecular formula is C19H19N5. The van der Waals surface area contributed by atoms with Gasteiger partial charge in [-0.2, -0.15) is 10.4 Å². The average molecular weight is 317 g/mol. The van der Waals surface area contributed by atoms with Crippen LogP contribution in [0.15, 0.2) is 54.9 Å². The predicted octanol–water partition coefficient (Wildman–Crippen LogP) is 3.29. The smallest absolute Gasteiger partial charge is 0.0991 e. The van der Waals surface area contributed by atoms with Gasteiger partial charge in [0.2, 0.25) is 0 Å². The third-order valence-corrected chi connectivity index (χ3v) is 4.64. The molecule has 0 aliphatic carbocycles. The predicted molar refractivity (Wildman–Crippen MR) is 95.2 cm³/mol. The lowest BCUT2D eigenvalue weighted by molar-refractivity contribution is 0.527. The summed E-state index contributed by atoms with van der Waals surface area (Å²) in [7, 11) is 0. The lowest BCUT2D eigenvalue weighted by atomic mass is 10.0. The molecule has 1 aliphatic rings. The number of nitriles is 1. The maximum atomic E-state index is 8.89. The minimum Gasteiger partial charge on any atom is -0.379 e. The van der Waals surface area contributed by atoms with E-state index in [4.69, 9.17) is 5.26 Å². The molecular weight excluding hydrogens is 298 g/mol. The Hall–Kier alpha value is -3.00. The number of anilines is 2. The van der Waals surface area contributed by atoms with Crippen molar-refractivity contribution in [3.63, 3.8) is 0 Å². The third-order valence-electron chi connectivity index (χ3n) is 4.64. The van der Waals surface area contributed by atoms with Gasteiger partial charge in [0.15, 0.2) is 0 Å². The maximum absolute atomic E-state index is 8.89. The van der Waals surface area contributed by atoms with Crippen LogP contribution in [0.25, 0.3) is 5.52 Å². The quantitative estimate of drug-likeness (QED) is 0.805. The van der Waals surface area contributed by atoms with Gasteiger partial charge in [-0.15, -0.1) is 0 Å². The molecule has 0 spiro atoms. The van der Waals surface area contributed by atoms with Crippen molar-refractivity contribution in [1.82, 2.24) is 9.61 Å². The van der Waals surface area contributed by atoms with Gasteiger partial charge in [-0.1, -0.05) is 6.07 Å². The van der Waals surface area contributed by atoms with E-state index >= 15 is 0 Å². The van der Waals surface area contributed by atoms with Crippen molar-refractivity contribution in [3.8, 4) is 6.07 Å². The first-order chi connectivity index (χ1) is 11.8. The molecule has 4 rings (SSSR count). The molecule has 0 bridgehead atoms. The standard InChI is InChI=1S/C19H19N5/c20-13-15-4-6-17(7-5-15)23-11-8-16(9-12-23)22-18-14-21-24-10-2-1-3-19(18)24/h1-7,10,14,16,22H,8-9,11-12H2. The summed E-state index contributed by atoms with van der Waals surface area (Å²) >= 11 is 0. The first-order valence-electron chi connectivity index (χ1n) is 8.27. The minimum absolute atomic E-state index is 0.466. The Bertz CT molecular complexity index is 867. The van der Waals surface area contributed by atoms with Crippen LogP contribution in [0.1, 0.15) is 18.4 Å². The number of hydrogen-bond donors (Lipinski definition) is 1. The molecule has 1 N–H and O–H groups in total. The fourth-order valence-corrected chi connectivity index (χ4v) is 3.29. The highest BCUT2D eigenvalue weighted by Gasteiger charge is 2.20. The van der Waals surface area contributed by atoms with Gasteiger partial charge >= 0.3 is 0 Å². The molecule has 0 radical (unpaired) electrons. The van der Waals surface area contributed by atoms with Gasteiger partial charge in [-0.3, -0.25) is 0 Å². The van der Waals surface area contributed by atoms with Gasteiger partial charge in [0.1, 0.15) is 0 Å². The van der Waals surface area contributed by atoms with Crippen LogP contribution in [-0.4, -0.2) is 28.7 Å². The lowest BCUT2D eigenvalue weighted by Crippen LogP contribution is -2.39. The molecule has 3 aromatic rings. The van der Waals surface area contributed by atoms with Gasteiger partial charge in [0.25, 0.3) is 0 Å². The molecule has 120 valence electrons. The Morgan fingerprint density at radius 1 is 1.08 bits per heavy atom. The van der Waals surface area contributed by atoms with Crippen LogP contribution in [0.5, 0.6) is 0 Å². The lowest BCUT2D eigenvalue weighted by Gasteiger charge is -2.34. The van der Waals surface area contributed by atoms with Crippen molar-refractivity contribution in [3.05, 3.63) is 60.4 Å². The second-order valence-electron chi connectivity index (χ2n) is 6.15. The maximum Gasteiger partial charge on any atom is 0.0991 e. The van der Waals surface area contributed by atoms with Crippen molar-refractivity contribution in [2.75, 3.05) is 23.3 Å². The Kier molecular flexibility index (Phi) is 3.80. The number of nitrogens with one attached hydrogen (secondary N) is 1. The zero-order valence-electron chi connectivity index (χ0n) is 13.4. The highest BCUT2D eigenvalue weighted by molar-refractivity contribution is 5.71. The highest BCUT2D eigenvalue weighted by atomic mass is 15.2. The number of pyridine rings is 1. The van der Waals surface area contributed by atoms with Crippen molar-refractivity contribution in [2.45, 2.75) is 18.9 Å². The van der Waals surface area contributed by atoms with Crippen LogP contribution >= 0.6 is 0 Å². The molecule has 1 fully saturated rings. The summed E-state index contributed by atoms with van der Waals surface area (Å²) in [6.45, 7) is 2.03. The zero-order valence-corrected chi connectivity index (χ0v) is 13.4. The summed E-state index contributed by atoms with van der Waals surface area (Å²) in [6, 6.07) is 16.6. The Morgan fingerprint density at radius 3 is 2.62 bits per heavy atom. The molecule has 1 aromatic carbocycles. The van der Waals surface area contributed by atoms with E-state index in [1.54, 1.807) is 0 Å². The van der Waals surface area contributed by atoms with Crippen LogP contribution in [-0.2, 0) is 0 Å². The summed E-state index contributed by atoms with van der Waals surface area (Å²) < 4.78 is 1.90. The summed E-state index contributed by atoms with van der Waals surface area (Å²) in [5, 5.41) is 16.9. The summed E-state index contributed by atoms with van der Waals surface area (Å²) in [5.74, 6) is 0. The number of rotatable bonds is 3. The van der Waals surface area contributed by atoms with Crippen molar-refractivity contribution in [2.24, 2.45) is 0 Å². The van der Waals surface area contributed by atoms with Crippen molar-refractivity contribution in [1.29, 1.82) is 5.26 Å². The molecule has 0 amide bonds. The monoisotopic (exact) mass is 317 g/mol. The molecule has 0 atom stereocenters. The SMILES string of the molecule is N#Cc1ccc(N2CCC(Nc3cnn4ccccc34)CC2)cc1. The van der Waals surface area contributed by atoms with E-state index in [9.17, 15) is 0 Å². The number of benzene rings is 1. The van der Waals surface area contributed by atoms with Crippen LogP contribution in [0.3, 0.4) is 0 Å². The van der Waals surface area contributed by atoms with E-state index in [-0.39, 0.29) is 0 Å². The third kappa shape index (κ3) is 2.79. The van der Waals surface area contributed by atoms with E-state index in [0.717, 1.165) is 37.1 Å². The molecule has 2 aromatic heterocycles. The van der Waals surface area contributed by atoms with Crippen molar-refractivity contribution >= 4 is 16.9 Å². The van der Waals surface area contributed by atoms with E-state index in [0.29, 0.717) is 11.6 Å². The van der Waals surface area contributed by atoms with Gasteiger partial charge < -0.3 is 10.2 Å². The minimum atomic E-state index is 0.466. The molecule has 1 saturated heterocycles. The second-order valence-corrected chi connectivity index (χ2v) is 6.15. The van der Waals surface area contributed by atoms with Gasteiger partial charge in [0, 0.05) is 31.0 Å². The van der Waals surface area contributed by atoms with Crippen LogP contribution < -0.4 is 10.2 Å². The molecule has 0 unspecified atom stereocenters. The fourth-order valence-electron chi connectivity index (χ4n) is 3.29. The van der Waals surface area contributed by atoms with E-state index < -0.39 is 0 Å². The summed E-state index contributed by atoms with van der Waals surface area (Å²) in [5.41, 5.74) is 4.13. The number of piperidine rings is 1. The van der Waals surface area contributed by atoms with E-state index in [1.165, 1.54) is 5.69 Å². The van der Waals surface area contributed by atoms with Crippen LogP contribution in [0.4, 0.5) is 11.4 Å². The average Bonchev–Trinajstić information content (AvgIpc) is 3.06. The molecule has 5 nitrogen and oxygen atoms in total. The number of hydrogen-bond acceptors (Lipinski definition) is 4. The fraction of sp³-hybridized carbons (Fsp3) is 0.263. The van der Waals surface area contributed by atoms with Crippen molar-refractivity contribution < 1.29 is 0 Å². The normalized spacial score (nSPS) is 15.4. The summed E-state index contributed by atoms with van der Waals surface area (Å²) in [6.07, 6.45) is 6.05. The second kappa shape index (κ2) is 6.25. The van der Waals surface area contributed by atoms with E-state index in [1.807, 2.05) is 53.3 Å². The summed E-state index contributed by atoms with van der Waals surface area (Å²) in [4.78, 5) is 2.38. The Morgan fingerprint density at radius 2 is 1.88 bits per heavy atom. The molecule has 0 saturated carbocycles. The largest absolute Gasteiger partial charge is 0.379 e. The van der Waals surface area contributed by atoms with Gasteiger partial charge in [-0.05, 0) is 49.2 Å². The van der Waals surface area contributed by atoms with E-state index in [2.05, 4.69) is 27.5 Å². The topological polar surface area (TPSA) is 56.4 Å². The Labute approximate surface area is 141 Å². The molecule has 24 heavy (non-hydrogen) atoms. The molecule has 5 heteroatoms. The highest BCUT2D eigenvalue weighted by Crippen LogP contribution is 2.24. The van der Waals surface area contributed by atoms with Gasteiger partial charge in [-0.25, -0.2) is 4.52 Å². The molecule has 3 heterocycles. The van der Waals surface area contributed by atoms with Crippen LogP contribution in [0, 0.1) is 11.3 Å². The first-order valence-corrected chi connectivity index (χ1v) is 8.27. The van der Waals surface area contributed by atoms with Crippen LogP contribution in [0.2, 0.25) is 0 Å². The number of aromatic nitrogens is 2.